The quantitative estimate of drug-likeness (QED) is 0.842. The van der Waals surface area contributed by atoms with E-state index in [1.54, 1.807) is 18.2 Å². The molecule has 0 N–H and O–H groups in total. The fourth-order valence-corrected chi connectivity index (χ4v) is 1.78. The second-order valence-electron chi connectivity index (χ2n) is 3.22. The summed E-state index contributed by atoms with van der Waals surface area (Å²) in [6, 6.07) is 4.73. The highest BCUT2D eigenvalue weighted by Crippen LogP contribution is 2.25. The average molecular weight is 272 g/mol. The molecule has 2 rings (SSSR count). The maximum Gasteiger partial charge on any atom is 0.258 e. The van der Waals surface area contributed by atoms with Gasteiger partial charge in [0.25, 0.3) is 5.89 Å². The molecule has 1 heterocycles. The van der Waals surface area contributed by atoms with Crippen molar-refractivity contribution in [2.75, 3.05) is 0 Å². The van der Waals surface area contributed by atoms with Crippen molar-refractivity contribution >= 4 is 29.2 Å². The summed E-state index contributed by atoms with van der Waals surface area (Å²) < 4.78 is 4.89. The first-order valence-electron chi connectivity index (χ1n) is 4.53. The minimum Gasteiger partial charge on any atom is -0.550 e. The first-order valence-corrected chi connectivity index (χ1v) is 5.29. The number of carbonyl (C=O) groups is 1. The number of nitrogens with zero attached hydrogens (tertiary/aromatic N) is 2. The Morgan fingerprint density at radius 2 is 1.94 bits per heavy atom. The minimum absolute atomic E-state index is 0.0381. The van der Waals surface area contributed by atoms with Gasteiger partial charge in [0.1, 0.15) is 0 Å². The number of benzene rings is 1. The SMILES string of the molecule is O=C([O-])Cc1noc(-c2cc(Cl)cc(Cl)c2)n1. The molecule has 7 heteroatoms. The summed E-state index contributed by atoms with van der Waals surface area (Å²) in [5.74, 6) is -1.08. The van der Waals surface area contributed by atoms with Gasteiger partial charge in [-0.05, 0) is 18.2 Å². The van der Waals surface area contributed by atoms with Gasteiger partial charge in [0.2, 0.25) is 0 Å². The van der Waals surface area contributed by atoms with Crippen LogP contribution in [0.4, 0.5) is 0 Å². The van der Waals surface area contributed by atoms with Gasteiger partial charge in [0.15, 0.2) is 5.82 Å². The van der Waals surface area contributed by atoms with Gasteiger partial charge < -0.3 is 14.4 Å². The minimum atomic E-state index is -1.28. The van der Waals surface area contributed by atoms with Crippen molar-refractivity contribution in [2.24, 2.45) is 0 Å². The molecule has 2 aromatic rings. The van der Waals surface area contributed by atoms with Gasteiger partial charge in [0.05, 0.1) is 6.42 Å². The van der Waals surface area contributed by atoms with Crippen molar-refractivity contribution in [3.05, 3.63) is 34.1 Å². The van der Waals surface area contributed by atoms with E-state index in [2.05, 4.69) is 10.1 Å². The second-order valence-corrected chi connectivity index (χ2v) is 4.10. The number of aromatic nitrogens is 2. The Morgan fingerprint density at radius 3 is 2.53 bits per heavy atom. The number of carbonyl (C=O) groups excluding carboxylic acids is 1. The fraction of sp³-hybridized carbons (Fsp3) is 0.100. The molecule has 0 aliphatic rings. The topological polar surface area (TPSA) is 79.0 Å². The molecular weight excluding hydrogens is 267 g/mol. The zero-order chi connectivity index (χ0) is 12.4. The van der Waals surface area contributed by atoms with Crippen LogP contribution in [-0.2, 0) is 11.2 Å². The van der Waals surface area contributed by atoms with Crippen LogP contribution in [0.2, 0.25) is 10.0 Å². The van der Waals surface area contributed by atoms with Crippen LogP contribution in [0.3, 0.4) is 0 Å². The lowest BCUT2D eigenvalue weighted by molar-refractivity contribution is -0.304. The molecule has 0 atom stereocenters. The van der Waals surface area contributed by atoms with Crippen LogP contribution in [0.1, 0.15) is 5.82 Å². The van der Waals surface area contributed by atoms with E-state index < -0.39 is 12.4 Å². The van der Waals surface area contributed by atoms with Crippen molar-refractivity contribution in [1.82, 2.24) is 10.1 Å². The molecule has 17 heavy (non-hydrogen) atoms. The van der Waals surface area contributed by atoms with Crippen LogP contribution in [-0.4, -0.2) is 16.1 Å². The molecule has 0 spiro atoms. The highest BCUT2D eigenvalue weighted by atomic mass is 35.5. The normalized spacial score (nSPS) is 10.5. The zero-order valence-electron chi connectivity index (χ0n) is 8.31. The lowest BCUT2D eigenvalue weighted by Crippen LogP contribution is -2.24. The van der Waals surface area contributed by atoms with E-state index in [-0.39, 0.29) is 11.7 Å². The summed E-state index contributed by atoms with van der Waals surface area (Å²) in [5, 5.41) is 14.7. The predicted molar refractivity (Wildman–Crippen MR) is 58.5 cm³/mol. The Morgan fingerprint density at radius 1 is 1.29 bits per heavy atom. The standard InChI is InChI=1S/C10H6Cl2N2O3/c11-6-1-5(2-7(12)3-6)10-13-8(14-17-10)4-9(15)16/h1-3H,4H2,(H,15,16)/p-1. The van der Waals surface area contributed by atoms with Gasteiger partial charge in [-0.3, -0.25) is 0 Å². The van der Waals surface area contributed by atoms with Crippen molar-refractivity contribution < 1.29 is 14.4 Å². The van der Waals surface area contributed by atoms with E-state index in [4.69, 9.17) is 27.7 Å². The fourth-order valence-electron chi connectivity index (χ4n) is 1.25. The Bertz CT molecular complexity index is 548. The first kappa shape index (κ1) is 11.9. The number of carboxylic acid groups (broad SMARTS) is 1. The molecule has 5 nitrogen and oxygen atoms in total. The van der Waals surface area contributed by atoms with Crippen LogP contribution in [0.25, 0.3) is 11.5 Å². The van der Waals surface area contributed by atoms with Crippen LogP contribution < -0.4 is 5.11 Å². The van der Waals surface area contributed by atoms with Crippen LogP contribution in [0.5, 0.6) is 0 Å². The molecule has 0 bridgehead atoms. The number of rotatable bonds is 3. The largest absolute Gasteiger partial charge is 0.550 e. The summed E-state index contributed by atoms with van der Waals surface area (Å²) in [5.41, 5.74) is 0.527. The Hall–Kier alpha value is -1.59. The van der Waals surface area contributed by atoms with Crippen LogP contribution in [0, 0.1) is 0 Å². The van der Waals surface area contributed by atoms with Crippen molar-refractivity contribution in [1.29, 1.82) is 0 Å². The summed E-state index contributed by atoms with van der Waals surface area (Å²) in [6.07, 6.45) is -0.405. The Balaban J connectivity index is 2.33. The number of aliphatic carboxylic acids is 1. The smallest absolute Gasteiger partial charge is 0.258 e. The molecule has 0 aliphatic carbocycles. The van der Waals surface area contributed by atoms with Gasteiger partial charge >= 0.3 is 0 Å². The van der Waals surface area contributed by atoms with E-state index in [1.807, 2.05) is 0 Å². The van der Waals surface area contributed by atoms with Gasteiger partial charge in [0, 0.05) is 21.6 Å². The molecule has 0 saturated heterocycles. The molecule has 1 aromatic carbocycles. The van der Waals surface area contributed by atoms with E-state index in [1.165, 1.54) is 0 Å². The van der Waals surface area contributed by atoms with Gasteiger partial charge in [-0.25, -0.2) is 0 Å². The number of hydrogen-bond acceptors (Lipinski definition) is 5. The van der Waals surface area contributed by atoms with E-state index in [0.717, 1.165) is 0 Å². The summed E-state index contributed by atoms with van der Waals surface area (Å²) in [7, 11) is 0. The molecular formula is C10H5Cl2N2O3-. The van der Waals surface area contributed by atoms with E-state index in [0.29, 0.717) is 15.6 Å². The maximum absolute atomic E-state index is 10.3. The highest BCUT2D eigenvalue weighted by molar-refractivity contribution is 6.35. The number of carboxylic acids is 1. The zero-order valence-corrected chi connectivity index (χ0v) is 9.83. The van der Waals surface area contributed by atoms with Crippen molar-refractivity contribution in [2.45, 2.75) is 6.42 Å². The van der Waals surface area contributed by atoms with E-state index in [9.17, 15) is 9.90 Å². The highest BCUT2D eigenvalue weighted by Gasteiger charge is 2.10. The lowest BCUT2D eigenvalue weighted by atomic mass is 10.2. The summed E-state index contributed by atoms with van der Waals surface area (Å²) in [6.45, 7) is 0. The molecule has 0 unspecified atom stereocenters. The second kappa shape index (κ2) is 4.73. The molecule has 0 aliphatic heterocycles. The molecule has 0 radical (unpaired) electrons. The third-order valence-corrected chi connectivity index (χ3v) is 2.32. The average Bonchev–Trinajstić information content (AvgIpc) is 2.63. The molecule has 0 amide bonds. The third-order valence-electron chi connectivity index (χ3n) is 1.88. The van der Waals surface area contributed by atoms with Crippen LogP contribution in [0.15, 0.2) is 22.7 Å². The number of hydrogen-bond donors (Lipinski definition) is 0. The lowest BCUT2D eigenvalue weighted by Gasteiger charge is -1.97. The van der Waals surface area contributed by atoms with Crippen LogP contribution >= 0.6 is 23.2 Å². The van der Waals surface area contributed by atoms with Gasteiger partial charge in [-0.2, -0.15) is 4.98 Å². The van der Waals surface area contributed by atoms with Crippen molar-refractivity contribution in [3.8, 4) is 11.5 Å². The third kappa shape index (κ3) is 2.95. The summed E-state index contributed by atoms with van der Waals surface area (Å²) >= 11 is 11.6. The molecule has 0 saturated carbocycles. The van der Waals surface area contributed by atoms with Gasteiger partial charge in [-0.15, -0.1) is 0 Å². The molecule has 88 valence electrons. The predicted octanol–water partition coefficient (Wildman–Crippen LogP) is 1.34. The molecule has 0 fully saturated rings. The maximum atomic E-state index is 10.3. The first-order chi connectivity index (χ1) is 8.04. The Labute approximate surface area is 106 Å². The van der Waals surface area contributed by atoms with Crippen molar-refractivity contribution in [3.63, 3.8) is 0 Å². The van der Waals surface area contributed by atoms with E-state index >= 15 is 0 Å². The van der Waals surface area contributed by atoms with Gasteiger partial charge in [-0.1, -0.05) is 28.4 Å². The number of halogens is 2. The molecule has 1 aromatic heterocycles. The summed E-state index contributed by atoms with van der Waals surface area (Å²) in [4.78, 5) is 14.2. The monoisotopic (exact) mass is 271 g/mol. The Kier molecular flexibility index (Phi) is 3.31.